The maximum absolute atomic E-state index is 12.2. The van der Waals surface area contributed by atoms with E-state index in [0.29, 0.717) is 24.4 Å². The predicted octanol–water partition coefficient (Wildman–Crippen LogP) is 1.13. The largest absolute Gasteiger partial charge is 0.463 e. The number of rotatable bonds is 6. The molecule has 3 aromatic rings. The Hall–Kier alpha value is -3.03. The van der Waals surface area contributed by atoms with Gasteiger partial charge in [-0.15, -0.1) is 0 Å². The highest BCUT2D eigenvalue weighted by atomic mass is 16.3. The average Bonchev–Trinajstić information content (AvgIpc) is 3.23. The zero-order valence-corrected chi connectivity index (χ0v) is 14.5. The predicted molar refractivity (Wildman–Crippen MR) is 92.2 cm³/mol. The van der Waals surface area contributed by atoms with Crippen molar-refractivity contribution in [3.63, 3.8) is 0 Å². The van der Waals surface area contributed by atoms with Gasteiger partial charge in [-0.3, -0.25) is 14.3 Å². The normalized spacial score (nSPS) is 11.0. The lowest BCUT2D eigenvalue weighted by molar-refractivity contribution is -0.120. The van der Waals surface area contributed by atoms with Crippen LogP contribution in [0.3, 0.4) is 0 Å². The van der Waals surface area contributed by atoms with E-state index in [-0.39, 0.29) is 18.4 Å². The molecule has 0 radical (unpaired) electrons. The summed E-state index contributed by atoms with van der Waals surface area (Å²) in [7, 11) is 1.78. The Morgan fingerprint density at radius 2 is 2.04 bits per heavy atom. The quantitative estimate of drug-likeness (QED) is 0.701. The van der Waals surface area contributed by atoms with Crippen LogP contribution in [0.2, 0.25) is 0 Å². The topological polar surface area (TPSA) is 94.1 Å². The minimum absolute atomic E-state index is 0.0809. The van der Waals surface area contributed by atoms with E-state index in [2.05, 4.69) is 15.7 Å². The van der Waals surface area contributed by atoms with Crippen molar-refractivity contribution >= 4 is 22.9 Å². The molecule has 0 aliphatic carbocycles. The molecule has 8 nitrogen and oxygen atoms in total. The first-order chi connectivity index (χ1) is 12.0. The number of nitrogens with one attached hydrogen (secondary N) is 2. The number of aryl methyl sites for hydroxylation is 3. The molecule has 3 rings (SSSR count). The van der Waals surface area contributed by atoms with Crippen LogP contribution in [-0.2, 0) is 18.4 Å². The number of carbonyl (C=O) groups excluding carboxylic acids is 2. The lowest BCUT2D eigenvalue weighted by Crippen LogP contribution is -2.38. The summed E-state index contributed by atoms with van der Waals surface area (Å²) < 4.78 is 8.84. The Labute approximate surface area is 144 Å². The first kappa shape index (κ1) is 16.8. The van der Waals surface area contributed by atoms with Gasteiger partial charge in [0.2, 0.25) is 5.91 Å². The molecule has 25 heavy (non-hydrogen) atoms. The van der Waals surface area contributed by atoms with Gasteiger partial charge in [-0.2, -0.15) is 5.10 Å². The summed E-state index contributed by atoms with van der Waals surface area (Å²) in [6.45, 7) is 4.86. The maximum atomic E-state index is 12.2. The molecule has 0 spiro atoms. The molecule has 0 saturated carbocycles. The highest BCUT2D eigenvalue weighted by Crippen LogP contribution is 2.19. The number of carbonyl (C=O) groups is 2. The lowest BCUT2D eigenvalue weighted by Gasteiger charge is -2.08. The molecular formula is C17H21N5O3. The van der Waals surface area contributed by atoms with Gasteiger partial charge in [0.15, 0.2) is 5.58 Å². The van der Waals surface area contributed by atoms with E-state index in [1.165, 1.54) is 0 Å². The van der Waals surface area contributed by atoms with Gasteiger partial charge in [-0.1, -0.05) is 0 Å². The number of amides is 2. The summed E-state index contributed by atoms with van der Waals surface area (Å²) in [4.78, 5) is 24.1. The minimum Gasteiger partial charge on any atom is -0.463 e. The number of hydrogen-bond donors (Lipinski definition) is 2. The van der Waals surface area contributed by atoms with Crippen molar-refractivity contribution in [1.29, 1.82) is 0 Å². The highest BCUT2D eigenvalue weighted by Gasteiger charge is 2.15. The number of fused-ring (bicyclic) bond motifs is 1. The van der Waals surface area contributed by atoms with Crippen LogP contribution in [0.4, 0.5) is 0 Å². The number of furan rings is 1. The van der Waals surface area contributed by atoms with Gasteiger partial charge < -0.3 is 19.6 Å². The summed E-state index contributed by atoms with van der Waals surface area (Å²) in [6.07, 6.45) is 1.57. The number of nitrogens with zero attached hydrogens (tertiary/aromatic N) is 3. The van der Waals surface area contributed by atoms with E-state index in [4.69, 9.17) is 4.42 Å². The molecule has 3 heterocycles. The second kappa shape index (κ2) is 6.84. The van der Waals surface area contributed by atoms with Crippen molar-refractivity contribution in [2.75, 3.05) is 13.1 Å². The third kappa shape index (κ3) is 3.57. The van der Waals surface area contributed by atoms with E-state index in [1.54, 1.807) is 30.0 Å². The summed E-state index contributed by atoms with van der Waals surface area (Å²) in [5, 5.41) is 9.72. The van der Waals surface area contributed by atoms with Crippen LogP contribution in [0, 0.1) is 13.8 Å². The molecule has 0 fully saturated rings. The van der Waals surface area contributed by atoms with Crippen molar-refractivity contribution in [3.05, 3.63) is 41.5 Å². The van der Waals surface area contributed by atoms with Crippen LogP contribution >= 0.6 is 0 Å². The smallest absolute Gasteiger partial charge is 0.268 e. The van der Waals surface area contributed by atoms with Gasteiger partial charge in [0.25, 0.3) is 5.91 Å². The molecule has 2 amide bonds. The van der Waals surface area contributed by atoms with Gasteiger partial charge in [-0.25, -0.2) is 0 Å². The van der Waals surface area contributed by atoms with Crippen molar-refractivity contribution in [2.45, 2.75) is 20.4 Å². The Morgan fingerprint density at radius 3 is 2.72 bits per heavy atom. The molecule has 0 bridgehead atoms. The molecule has 8 heteroatoms. The van der Waals surface area contributed by atoms with Crippen LogP contribution in [0.25, 0.3) is 11.1 Å². The summed E-state index contributed by atoms with van der Waals surface area (Å²) in [5.74, 6) is -0.560. The van der Waals surface area contributed by atoms with E-state index in [9.17, 15) is 9.59 Å². The van der Waals surface area contributed by atoms with Crippen LogP contribution in [0.1, 0.15) is 21.9 Å². The van der Waals surface area contributed by atoms with Gasteiger partial charge in [0.1, 0.15) is 5.69 Å². The van der Waals surface area contributed by atoms with Crippen LogP contribution < -0.4 is 10.6 Å². The molecule has 0 aliphatic heterocycles. The van der Waals surface area contributed by atoms with Gasteiger partial charge in [-0.05, 0) is 19.9 Å². The Kier molecular flexibility index (Phi) is 4.60. The Balaban J connectivity index is 1.47. The van der Waals surface area contributed by atoms with Crippen molar-refractivity contribution in [3.8, 4) is 0 Å². The lowest BCUT2D eigenvalue weighted by atomic mass is 10.4. The molecule has 3 aromatic heterocycles. The zero-order valence-electron chi connectivity index (χ0n) is 14.5. The van der Waals surface area contributed by atoms with E-state index in [1.807, 2.05) is 24.6 Å². The van der Waals surface area contributed by atoms with Gasteiger partial charge in [0.05, 0.1) is 30.6 Å². The van der Waals surface area contributed by atoms with Crippen LogP contribution in [0.15, 0.2) is 28.9 Å². The van der Waals surface area contributed by atoms with Crippen molar-refractivity contribution in [2.24, 2.45) is 7.05 Å². The van der Waals surface area contributed by atoms with E-state index in [0.717, 1.165) is 16.9 Å². The molecule has 0 aromatic carbocycles. The highest BCUT2D eigenvalue weighted by molar-refractivity contribution is 5.99. The van der Waals surface area contributed by atoms with Crippen LogP contribution in [-0.4, -0.2) is 39.3 Å². The molecule has 132 valence electrons. The SMILES string of the molecule is Cc1cc(C)n(CCNC(=O)CNC(=O)c2cc3occc3n2C)n1. The Morgan fingerprint density at radius 1 is 1.24 bits per heavy atom. The standard InChI is InChI=1S/C17H21N5O3/c1-11-8-12(2)22(20-11)6-5-18-16(23)10-19-17(24)14-9-15-13(21(14)3)4-7-25-15/h4,7-9H,5-6,10H2,1-3H3,(H,18,23)(H,19,24). The summed E-state index contributed by atoms with van der Waals surface area (Å²) in [6, 6.07) is 5.43. The molecule has 0 atom stereocenters. The summed E-state index contributed by atoms with van der Waals surface area (Å²) in [5.41, 5.74) is 3.92. The first-order valence-electron chi connectivity index (χ1n) is 8.04. The monoisotopic (exact) mass is 343 g/mol. The van der Waals surface area contributed by atoms with Gasteiger partial charge in [0, 0.05) is 31.4 Å². The fourth-order valence-corrected chi connectivity index (χ4v) is 2.78. The second-order valence-corrected chi connectivity index (χ2v) is 5.94. The molecule has 0 aliphatic rings. The van der Waals surface area contributed by atoms with Crippen molar-refractivity contribution in [1.82, 2.24) is 25.0 Å². The third-order valence-electron chi connectivity index (χ3n) is 4.06. The second-order valence-electron chi connectivity index (χ2n) is 5.94. The maximum Gasteiger partial charge on any atom is 0.268 e. The summed E-state index contributed by atoms with van der Waals surface area (Å²) >= 11 is 0. The fraction of sp³-hybridized carbons (Fsp3) is 0.353. The average molecular weight is 343 g/mol. The van der Waals surface area contributed by atoms with E-state index >= 15 is 0 Å². The minimum atomic E-state index is -0.317. The van der Waals surface area contributed by atoms with Gasteiger partial charge >= 0.3 is 0 Å². The van der Waals surface area contributed by atoms with E-state index < -0.39 is 0 Å². The van der Waals surface area contributed by atoms with Crippen LogP contribution in [0.5, 0.6) is 0 Å². The fourth-order valence-electron chi connectivity index (χ4n) is 2.78. The number of aromatic nitrogens is 3. The number of hydrogen-bond acceptors (Lipinski definition) is 4. The third-order valence-corrected chi connectivity index (χ3v) is 4.06. The molecule has 0 unspecified atom stereocenters. The Bertz CT molecular complexity index is 918. The molecular weight excluding hydrogens is 322 g/mol. The van der Waals surface area contributed by atoms with Crippen molar-refractivity contribution < 1.29 is 14.0 Å². The first-order valence-corrected chi connectivity index (χ1v) is 8.04. The zero-order chi connectivity index (χ0) is 18.0. The molecule has 2 N–H and O–H groups in total. The molecule has 0 saturated heterocycles.